The molecule has 0 unspecified atom stereocenters. The van der Waals surface area contributed by atoms with E-state index in [0.717, 1.165) is 29.7 Å². The first-order valence-electron chi connectivity index (χ1n) is 12.1. The highest BCUT2D eigenvalue weighted by atomic mass is 32.2. The van der Waals surface area contributed by atoms with Crippen LogP contribution >= 0.6 is 11.8 Å². The molecule has 0 saturated heterocycles. The minimum absolute atomic E-state index is 0.0816. The van der Waals surface area contributed by atoms with Crippen molar-refractivity contribution in [2.75, 3.05) is 24.8 Å². The molecule has 6 rings (SSSR count). The normalized spacial score (nSPS) is 21.2. The number of aromatic hydroxyl groups is 1. The Kier molecular flexibility index (Phi) is 5.48. The van der Waals surface area contributed by atoms with Gasteiger partial charge in [-0.25, -0.2) is 4.39 Å². The van der Waals surface area contributed by atoms with Gasteiger partial charge in [-0.15, -0.1) is 11.8 Å². The Bertz CT molecular complexity index is 1440. The zero-order valence-corrected chi connectivity index (χ0v) is 20.7. The van der Waals surface area contributed by atoms with Gasteiger partial charge in [-0.1, -0.05) is 18.2 Å². The van der Waals surface area contributed by atoms with E-state index in [-0.39, 0.29) is 18.2 Å². The van der Waals surface area contributed by atoms with Gasteiger partial charge in [0.05, 0.1) is 6.61 Å². The molecule has 2 aromatic carbocycles. The number of hydrogen-bond acceptors (Lipinski definition) is 6. The minimum Gasteiger partial charge on any atom is -0.502 e. The van der Waals surface area contributed by atoms with Gasteiger partial charge in [0.15, 0.2) is 11.4 Å². The van der Waals surface area contributed by atoms with Gasteiger partial charge in [-0.2, -0.15) is 0 Å². The van der Waals surface area contributed by atoms with E-state index in [0.29, 0.717) is 35.8 Å². The molecule has 2 bridgehead atoms. The van der Waals surface area contributed by atoms with Gasteiger partial charge in [0.2, 0.25) is 5.43 Å². The van der Waals surface area contributed by atoms with Gasteiger partial charge in [0.1, 0.15) is 23.8 Å². The van der Waals surface area contributed by atoms with E-state index in [9.17, 15) is 14.7 Å². The number of halogens is 1. The predicted molar refractivity (Wildman–Crippen MR) is 135 cm³/mol. The third-order valence-electron chi connectivity index (χ3n) is 7.44. The molecule has 0 aliphatic carbocycles. The minimum atomic E-state index is -0.999. The van der Waals surface area contributed by atoms with E-state index in [4.69, 9.17) is 4.74 Å². The SMILES string of the molecule is C[C@@]12c3ccccc3SCc3c(F)ccc(c31)OCCCCCN1CN2n2ccc(=O)c(O)c2C1=O. The van der Waals surface area contributed by atoms with Crippen molar-refractivity contribution in [3.8, 4) is 11.5 Å². The number of fused-ring (bicyclic) bond motifs is 7. The van der Waals surface area contributed by atoms with Crippen LogP contribution < -0.4 is 15.2 Å². The van der Waals surface area contributed by atoms with Crippen molar-refractivity contribution in [2.45, 2.75) is 42.4 Å². The summed E-state index contributed by atoms with van der Waals surface area (Å²) in [6.07, 6.45) is 3.91. The molecule has 3 aromatic rings. The Labute approximate surface area is 212 Å². The highest BCUT2D eigenvalue weighted by molar-refractivity contribution is 7.98. The first kappa shape index (κ1) is 23.0. The summed E-state index contributed by atoms with van der Waals surface area (Å²) in [5.41, 5.74) is 0.473. The van der Waals surface area contributed by atoms with Crippen LogP contribution in [0.2, 0.25) is 0 Å². The number of aromatic nitrogens is 1. The smallest absolute Gasteiger partial charge is 0.277 e. The summed E-state index contributed by atoms with van der Waals surface area (Å²) in [5.74, 6) is -0.274. The Morgan fingerprint density at radius 1 is 1.08 bits per heavy atom. The number of benzene rings is 2. The zero-order chi connectivity index (χ0) is 25.0. The molecule has 0 fully saturated rings. The topological polar surface area (TPSA) is 75.0 Å². The van der Waals surface area contributed by atoms with E-state index < -0.39 is 22.6 Å². The number of carbonyl (C=O) groups excluding carboxylic acids is 1. The molecule has 0 radical (unpaired) electrons. The monoisotopic (exact) mass is 507 g/mol. The number of pyridine rings is 1. The van der Waals surface area contributed by atoms with E-state index >= 15 is 4.39 Å². The van der Waals surface area contributed by atoms with E-state index in [1.807, 2.05) is 36.2 Å². The molecule has 3 aliphatic rings. The van der Waals surface area contributed by atoms with Crippen molar-refractivity contribution in [1.29, 1.82) is 0 Å². The van der Waals surface area contributed by atoms with Crippen LogP contribution in [0, 0.1) is 5.82 Å². The Morgan fingerprint density at radius 2 is 1.92 bits per heavy atom. The van der Waals surface area contributed by atoms with Crippen LogP contribution in [-0.2, 0) is 11.3 Å². The molecule has 7 nitrogen and oxygen atoms in total. The van der Waals surface area contributed by atoms with Gasteiger partial charge in [0.25, 0.3) is 5.91 Å². The molecular weight excluding hydrogens is 481 g/mol. The lowest BCUT2D eigenvalue weighted by atomic mass is 9.80. The number of hydrogen-bond donors (Lipinski definition) is 1. The molecule has 0 saturated carbocycles. The summed E-state index contributed by atoms with van der Waals surface area (Å²) in [6, 6.07) is 12.3. The van der Waals surface area contributed by atoms with E-state index in [1.165, 1.54) is 18.3 Å². The largest absolute Gasteiger partial charge is 0.502 e. The number of carbonyl (C=O) groups is 1. The first-order valence-corrected chi connectivity index (χ1v) is 13.1. The molecule has 9 heteroatoms. The fourth-order valence-corrected chi connectivity index (χ4v) is 6.78. The van der Waals surface area contributed by atoms with Crippen molar-refractivity contribution in [1.82, 2.24) is 9.58 Å². The van der Waals surface area contributed by atoms with Crippen LogP contribution in [0.5, 0.6) is 11.5 Å². The van der Waals surface area contributed by atoms with Gasteiger partial charge >= 0.3 is 0 Å². The summed E-state index contributed by atoms with van der Waals surface area (Å²) in [6.45, 7) is 3.15. The second-order valence-corrected chi connectivity index (χ2v) is 10.5. The molecule has 4 heterocycles. The second-order valence-electron chi connectivity index (χ2n) is 9.50. The average molecular weight is 508 g/mol. The lowest BCUT2D eigenvalue weighted by Gasteiger charge is -2.50. The van der Waals surface area contributed by atoms with Crippen molar-refractivity contribution >= 4 is 17.7 Å². The van der Waals surface area contributed by atoms with Crippen LogP contribution in [-0.4, -0.2) is 40.4 Å². The fourth-order valence-electron chi connectivity index (χ4n) is 5.60. The van der Waals surface area contributed by atoms with Crippen LogP contribution in [0.1, 0.15) is 53.4 Å². The standard InChI is InChI=1S/C27H26FN3O4S/c1-27-18-7-3-4-8-22(18)36-15-17-19(28)9-10-21(23(17)27)35-14-6-2-5-12-29-16-31(27)30-13-11-20(32)25(33)24(30)26(29)34/h3-4,7-11,13,33H,2,5-6,12,14-16H2,1H3/t27-/m1/s1. The van der Waals surface area contributed by atoms with Gasteiger partial charge in [-0.05, 0) is 49.9 Å². The fraction of sp³-hybridized carbons (Fsp3) is 0.333. The number of amides is 1. The molecule has 1 atom stereocenters. The highest BCUT2D eigenvalue weighted by Crippen LogP contribution is 2.50. The molecule has 186 valence electrons. The molecular formula is C27H26FN3O4S. The molecule has 3 aliphatic heterocycles. The van der Waals surface area contributed by atoms with Gasteiger partial charge in [-0.3, -0.25) is 19.3 Å². The number of thioether (sulfide) groups is 1. The maximum absolute atomic E-state index is 15.5. The van der Waals surface area contributed by atoms with Crippen molar-refractivity contribution in [2.24, 2.45) is 0 Å². The zero-order valence-electron chi connectivity index (χ0n) is 19.9. The first-order chi connectivity index (χ1) is 17.4. The van der Waals surface area contributed by atoms with Crippen molar-refractivity contribution in [3.05, 3.63) is 87.1 Å². The number of rotatable bonds is 0. The third-order valence-corrected chi connectivity index (χ3v) is 8.54. The van der Waals surface area contributed by atoms with Crippen LogP contribution in [0.4, 0.5) is 4.39 Å². The molecule has 1 aromatic heterocycles. The summed E-state index contributed by atoms with van der Waals surface area (Å²) in [7, 11) is 0. The Morgan fingerprint density at radius 3 is 2.78 bits per heavy atom. The highest BCUT2D eigenvalue weighted by Gasteiger charge is 2.48. The second kappa shape index (κ2) is 8.58. The van der Waals surface area contributed by atoms with Crippen LogP contribution in [0.3, 0.4) is 0 Å². The number of nitrogens with zero attached hydrogens (tertiary/aromatic N) is 3. The lowest BCUT2D eigenvalue weighted by Crippen LogP contribution is -2.62. The summed E-state index contributed by atoms with van der Waals surface area (Å²) >= 11 is 1.56. The van der Waals surface area contributed by atoms with E-state index in [1.54, 1.807) is 27.4 Å². The summed E-state index contributed by atoms with van der Waals surface area (Å²) < 4.78 is 23.3. The maximum Gasteiger partial charge on any atom is 0.277 e. The van der Waals surface area contributed by atoms with Gasteiger partial charge in [0, 0.05) is 40.6 Å². The number of ether oxygens (including phenoxy) is 1. The molecule has 0 spiro atoms. The van der Waals surface area contributed by atoms with Crippen molar-refractivity contribution < 1.29 is 19.0 Å². The molecule has 1 amide bonds. The quantitative estimate of drug-likeness (QED) is 0.492. The maximum atomic E-state index is 15.5. The van der Waals surface area contributed by atoms with E-state index in [2.05, 4.69) is 0 Å². The van der Waals surface area contributed by atoms with Crippen molar-refractivity contribution in [3.63, 3.8) is 0 Å². The Balaban J connectivity index is 1.72. The molecule has 1 N–H and O–H groups in total. The summed E-state index contributed by atoms with van der Waals surface area (Å²) in [5, 5.41) is 12.7. The lowest BCUT2D eigenvalue weighted by molar-refractivity contribution is 0.0655. The predicted octanol–water partition coefficient (Wildman–Crippen LogP) is 4.18. The Hall–Kier alpha value is -3.46. The summed E-state index contributed by atoms with van der Waals surface area (Å²) in [4.78, 5) is 28.6. The third kappa shape index (κ3) is 3.32. The van der Waals surface area contributed by atoms with Crippen LogP contribution in [0.25, 0.3) is 0 Å². The van der Waals surface area contributed by atoms with Gasteiger partial charge < -0.3 is 14.7 Å². The average Bonchev–Trinajstić information content (AvgIpc) is 3.01. The van der Waals surface area contributed by atoms with Crippen LogP contribution in [0.15, 0.2) is 58.4 Å². The molecule has 36 heavy (non-hydrogen) atoms.